The van der Waals surface area contributed by atoms with Crippen molar-refractivity contribution in [3.05, 3.63) is 52.2 Å². The molecule has 2 saturated carbocycles. The van der Waals surface area contributed by atoms with Gasteiger partial charge in [-0.1, -0.05) is 0 Å². The Balaban J connectivity index is 1.46. The molecule has 3 N–H and O–H groups in total. The number of benzene rings is 1. The number of halogens is 3. The van der Waals surface area contributed by atoms with E-state index in [1.807, 2.05) is 4.90 Å². The second-order valence-corrected chi connectivity index (χ2v) is 12.7. The zero-order valence-electron chi connectivity index (χ0n) is 21.3. The molecule has 9 nitrogen and oxygen atoms in total. The van der Waals surface area contributed by atoms with E-state index in [0.717, 1.165) is 31.7 Å². The minimum absolute atomic E-state index is 0.0940. The normalized spacial score (nSPS) is 21.6. The van der Waals surface area contributed by atoms with Crippen molar-refractivity contribution in [3.8, 4) is 0 Å². The number of aromatic nitrogens is 1. The van der Waals surface area contributed by atoms with Gasteiger partial charge < -0.3 is 19.9 Å². The molecule has 212 valence electrons. The molecule has 1 aromatic carbocycles. The number of amides is 1. The van der Waals surface area contributed by atoms with Crippen molar-refractivity contribution >= 4 is 33.0 Å². The van der Waals surface area contributed by atoms with Crippen LogP contribution in [0.15, 0.2) is 35.3 Å². The van der Waals surface area contributed by atoms with Gasteiger partial charge >= 0.3 is 0 Å². The van der Waals surface area contributed by atoms with Gasteiger partial charge in [-0.2, -0.15) is 0 Å². The number of piperidine rings is 1. The molecule has 1 saturated heterocycles. The first kappa shape index (κ1) is 27.5. The second-order valence-electron chi connectivity index (χ2n) is 10.8. The molecule has 0 bridgehead atoms. The van der Waals surface area contributed by atoms with E-state index in [0.29, 0.717) is 13.1 Å². The van der Waals surface area contributed by atoms with Crippen molar-refractivity contribution in [2.45, 2.75) is 56.9 Å². The highest BCUT2D eigenvalue weighted by molar-refractivity contribution is 7.92. The van der Waals surface area contributed by atoms with Crippen LogP contribution in [0.5, 0.6) is 0 Å². The summed E-state index contributed by atoms with van der Waals surface area (Å²) in [7, 11) is -3.95. The number of sulfonamides is 1. The Kier molecular flexibility index (Phi) is 7.17. The first-order valence-electron chi connectivity index (χ1n) is 13.0. The van der Waals surface area contributed by atoms with Gasteiger partial charge in [0, 0.05) is 38.2 Å². The van der Waals surface area contributed by atoms with Crippen LogP contribution >= 0.6 is 0 Å². The van der Waals surface area contributed by atoms with E-state index in [4.69, 9.17) is 5.11 Å². The quantitative estimate of drug-likeness (QED) is 0.447. The van der Waals surface area contributed by atoms with Gasteiger partial charge in [-0.3, -0.25) is 14.3 Å². The fourth-order valence-corrected chi connectivity index (χ4v) is 6.44. The van der Waals surface area contributed by atoms with Crippen LogP contribution in [0.3, 0.4) is 0 Å². The number of hydrogen-bond acceptors (Lipinski definition) is 6. The van der Waals surface area contributed by atoms with Crippen LogP contribution in [0.25, 0.3) is 0 Å². The third-order valence-corrected chi connectivity index (χ3v) is 9.31. The van der Waals surface area contributed by atoms with Crippen molar-refractivity contribution in [3.63, 3.8) is 0 Å². The predicted octanol–water partition coefficient (Wildman–Crippen LogP) is 3.71. The van der Waals surface area contributed by atoms with Gasteiger partial charge in [0.1, 0.15) is 11.5 Å². The Bertz CT molecular complexity index is 1430. The van der Waals surface area contributed by atoms with Gasteiger partial charge in [-0.05, 0) is 61.8 Å². The van der Waals surface area contributed by atoms with E-state index in [1.165, 1.54) is 29.0 Å². The molecule has 3 fully saturated rings. The number of hydrogen-bond donors (Lipinski definition) is 3. The topological polar surface area (TPSA) is 121 Å². The number of alkyl halides is 2. The van der Waals surface area contributed by atoms with Crippen LogP contribution < -0.4 is 20.5 Å². The Hall–Kier alpha value is -3.06. The first-order chi connectivity index (χ1) is 18.4. The molecule has 1 amide bonds. The predicted molar refractivity (Wildman–Crippen MR) is 140 cm³/mol. The van der Waals surface area contributed by atoms with Crippen molar-refractivity contribution in [1.29, 1.82) is 0 Å². The van der Waals surface area contributed by atoms with E-state index in [9.17, 15) is 26.8 Å². The molecule has 13 heteroatoms. The Labute approximate surface area is 224 Å². The summed E-state index contributed by atoms with van der Waals surface area (Å²) in [6.45, 7) is 0.466. The molecule has 3 aliphatic rings. The summed E-state index contributed by atoms with van der Waals surface area (Å²) in [6, 6.07) is 4.33. The minimum Gasteiger partial charge on any atom is -0.395 e. The third-order valence-electron chi connectivity index (χ3n) is 8.05. The maximum absolute atomic E-state index is 15.5. The van der Waals surface area contributed by atoms with E-state index in [-0.39, 0.29) is 40.9 Å². The summed E-state index contributed by atoms with van der Waals surface area (Å²) in [5.41, 5.74) is -0.831. The Morgan fingerprint density at radius 1 is 1.13 bits per heavy atom. The molecule has 2 aliphatic carbocycles. The summed E-state index contributed by atoms with van der Waals surface area (Å²) >= 11 is 0. The zero-order valence-corrected chi connectivity index (χ0v) is 22.1. The van der Waals surface area contributed by atoms with Gasteiger partial charge in [0.25, 0.3) is 11.5 Å². The Morgan fingerprint density at radius 3 is 2.46 bits per heavy atom. The standard InChI is InChI=1S/C26H31F3N4O5S/c27-19-14-17(31-39(37,38)13-12-34)15-21(32-10-7-25(5-6-25)8-11-32)22(19)23(35)30-20-2-1-9-33(24(20)36)18-3-4-26(28,29)16-18/h1-2,9,14-15,18,31,34H,3-8,10-13,16H2,(H,30,35)/t18-/m0/s1. The van der Waals surface area contributed by atoms with E-state index in [2.05, 4.69) is 10.0 Å². The molecule has 0 radical (unpaired) electrons. The van der Waals surface area contributed by atoms with Gasteiger partial charge in [0.05, 0.1) is 29.3 Å². The van der Waals surface area contributed by atoms with Crippen LogP contribution in [0.2, 0.25) is 0 Å². The largest absolute Gasteiger partial charge is 0.395 e. The number of nitrogens with one attached hydrogen (secondary N) is 2. The molecule has 1 atom stereocenters. The molecule has 1 aromatic heterocycles. The molecular weight excluding hydrogens is 537 g/mol. The number of pyridine rings is 1. The number of aliphatic hydroxyl groups is 1. The summed E-state index contributed by atoms with van der Waals surface area (Å²) in [6.07, 6.45) is 4.65. The number of carbonyl (C=O) groups excluding carboxylic acids is 1. The SMILES string of the molecule is O=C(Nc1cccn([C@H]2CCC(F)(F)C2)c1=O)c1c(F)cc(NS(=O)(=O)CCO)cc1N1CCC2(CC1)CC2. The van der Waals surface area contributed by atoms with Crippen molar-refractivity contribution < 1.29 is 31.5 Å². The molecular formula is C26H31F3N4O5S. The maximum atomic E-state index is 15.5. The summed E-state index contributed by atoms with van der Waals surface area (Å²) in [5, 5.41) is 11.5. The summed E-state index contributed by atoms with van der Waals surface area (Å²) in [4.78, 5) is 28.3. The Morgan fingerprint density at radius 2 is 1.85 bits per heavy atom. The van der Waals surface area contributed by atoms with Gasteiger partial charge in [0.2, 0.25) is 15.9 Å². The number of rotatable bonds is 8. The molecule has 0 unspecified atom stereocenters. The second kappa shape index (κ2) is 10.2. The average Bonchev–Trinajstić information content (AvgIpc) is 3.51. The molecule has 2 aromatic rings. The minimum atomic E-state index is -3.95. The number of anilines is 3. The fourth-order valence-electron chi connectivity index (χ4n) is 5.62. The number of nitrogens with zero attached hydrogens (tertiary/aromatic N) is 2. The van der Waals surface area contributed by atoms with Crippen LogP contribution in [0, 0.1) is 11.2 Å². The number of carbonyl (C=O) groups is 1. The first-order valence-corrected chi connectivity index (χ1v) is 14.7. The lowest BCUT2D eigenvalue weighted by molar-refractivity contribution is 0.00550. The molecule has 1 aliphatic heterocycles. The smallest absolute Gasteiger partial charge is 0.274 e. The van der Waals surface area contributed by atoms with Crippen LogP contribution in [0.4, 0.5) is 30.2 Å². The van der Waals surface area contributed by atoms with Crippen LogP contribution in [0.1, 0.15) is 61.3 Å². The van der Waals surface area contributed by atoms with Crippen LogP contribution in [-0.2, 0) is 10.0 Å². The van der Waals surface area contributed by atoms with Gasteiger partial charge in [-0.15, -0.1) is 0 Å². The van der Waals surface area contributed by atoms with Gasteiger partial charge in [0.15, 0.2) is 0 Å². The van der Waals surface area contributed by atoms with E-state index >= 15 is 4.39 Å². The molecule has 1 spiro atoms. The van der Waals surface area contributed by atoms with Crippen molar-refractivity contribution in [2.24, 2.45) is 5.41 Å². The van der Waals surface area contributed by atoms with Crippen LogP contribution in [-0.4, -0.2) is 55.4 Å². The highest BCUT2D eigenvalue weighted by Crippen LogP contribution is 2.54. The van der Waals surface area contributed by atoms with Crippen molar-refractivity contribution in [2.75, 3.05) is 40.4 Å². The molecule has 5 rings (SSSR count). The maximum Gasteiger partial charge on any atom is 0.274 e. The van der Waals surface area contributed by atoms with Gasteiger partial charge in [-0.25, -0.2) is 21.6 Å². The zero-order chi connectivity index (χ0) is 28.0. The summed E-state index contributed by atoms with van der Waals surface area (Å²) in [5.74, 6) is -5.35. The fraction of sp³-hybridized carbons (Fsp3) is 0.538. The highest BCUT2D eigenvalue weighted by atomic mass is 32.2. The lowest BCUT2D eigenvalue weighted by Crippen LogP contribution is -2.36. The lowest BCUT2D eigenvalue weighted by atomic mass is 9.93. The van der Waals surface area contributed by atoms with Crippen molar-refractivity contribution in [1.82, 2.24) is 4.57 Å². The summed E-state index contributed by atoms with van der Waals surface area (Å²) < 4.78 is 70.8. The molecule has 2 heterocycles. The molecule has 39 heavy (non-hydrogen) atoms. The van der Waals surface area contributed by atoms with E-state index in [1.54, 1.807) is 0 Å². The highest BCUT2D eigenvalue weighted by Gasteiger charge is 2.45. The number of aliphatic hydroxyl groups excluding tert-OH is 1. The third kappa shape index (κ3) is 5.93. The lowest BCUT2D eigenvalue weighted by Gasteiger charge is -2.35. The monoisotopic (exact) mass is 568 g/mol. The van der Waals surface area contributed by atoms with E-state index < -0.39 is 58.1 Å². The average molecular weight is 569 g/mol.